The van der Waals surface area contributed by atoms with Crippen LogP contribution in [0.25, 0.3) is 0 Å². The summed E-state index contributed by atoms with van der Waals surface area (Å²) in [5, 5.41) is 3.28. The van der Waals surface area contributed by atoms with Crippen LogP contribution in [0.15, 0.2) is 6.07 Å². The second-order valence-corrected chi connectivity index (χ2v) is 4.19. The maximum atomic E-state index is 5.57. The predicted molar refractivity (Wildman–Crippen MR) is 76.8 cm³/mol. The standard InChI is InChI=1S/C14H25N3O2/c1-4-9-19-14-11-13(16-12(5-2)17-14)15-8-7-10-18-6-3/h11H,4-10H2,1-3H3,(H,15,16,17). The lowest BCUT2D eigenvalue weighted by atomic mass is 10.4. The van der Waals surface area contributed by atoms with Crippen molar-refractivity contribution in [1.29, 1.82) is 0 Å². The molecule has 1 aromatic heterocycles. The highest BCUT2D eigenvalue weighted by molar-refractivity contribution is 5.38. The summed E-state index contributed by atoms with van der Waals surface area (Å²) in [4.78, 5) is 8.78. The van der Waals surface area contributed by atoms with Crippen molar-refractivity contribution >= 4 is 5.82 Å². The molecule has 0 bridgehead atoms. The number of nitrogens with one attached hydrogen (secondary N) is 1. The summed E-state index contributed by atoms with van der Waals surface area (Å²) in [6.45, 7) is 9.18. The number of ether oxygens (including phenoxy) is 2. The van der Waals surface area contributed by atoms with E-state index in [2.05, 4.69) is 22.2 Å². The van der Waals surface area contributed by atoms with E-state index in [0.717, 1.165) is 50.7 Å². The molecule has 5 nitrogen and oxygen atoms in total. The zero-order chi connectivity index (χ0) is 13.9. The normalized spacial score (nSPS) is 10.5. The largest absolute Gasteiger partial charge is 0.478 e. The molecule has 0 amide bonds. The van der Waals surface area contributed by atoms with Gasteiger partial charge in [-0.25, -0.2) is 4.98 Å². The predicted octanol–water partition coefficient (Wildman–Crippen LogP) is 2.67. The topological polar surface area (TPSA) is 56.3 Å². The van der Waals surface area contributed by atoms with Crippen LogP contribution in [0.4, 0.5) is 5.82 Å². The number of rotatable bonds is 10. The number of aryl methyl sites for hydroxylation is 1. The minimum atomic E-state index is 0.654. The molecule has 0 aliphatic carbocycles. The third kappa shape index (κ3) is 6.38. The Balaban J connectivity index is 2.50. The molecule has 1 aromatic rings. The van der Waals surface area contributed by atoms with Gasteiger partial charge in [0.1, 0.15) is 11.6 Å². The van der Waals surface area contributed by atoms with Gasteiger partial charge >= 0.3 is 0 Å². The van der Waals surface area contributed by atoms with Crippen LogP contribution in [0.1, 0.15) is 39.4 Å². The average Bonchev–Trinajstić information content (AvgIpc) is 2.44. The second kappa shape index (κ2) is 9.55. The molecule has 108 valence electrons. The van der Waals surface area contributed by atoms with Crippen molar-refractivity contribution in [2.24, 2.45) is 0 Å². The van der Waals surface area contributed by atoms with Crippen LogP contribution in [0, 0.1) is 0 Å². The third-order valence-electron chi connectivity index (χ3n) is 2.49. The van der Waals surface area contributed by atoms with Crippen LogP contribution in [0.5, 0.6) is 5.88 Å². The van der Waals surface area contributed by atoms with Crippen molar-refractivity contribution < 1.29 is 9.47 Å². The highest BCUT2D eigenvalue weighted by Gasteiger charge is 2.04. The van der Waals surface area contributed by atoms with Gasteiger partial charge in [-0.05, 0) is 19.8 Å². The quantitative estimate of drug-likeness (QED) is 0.660. The monoisotopic (exact) mass is 267 g/mol. The van der Waals surface area contributed by atoms with Crippen molar-refractivity contribution in [1.82, 2.24) is 9.97 Å². The van der Waals surface area contributed by atoms with Crippen LogP contribution < -0.4 is 10.1 Å². The molecule has 0 fully saturated rings. The first-order valence-electron chi connectivity index (χ1n) is 7.12. The van der Waals surface area contributed by atoms with Crippen LogP contribution in [-0.2, 0) is 11.2 Å². The molecule has 5 heteroatoms. The van der Waals surface area contributed by atoms with Crippen molar-refractivity contribution in [3.8, 4) is 5.88 Å². The van der Waals surface area contributed by atoms with Gasteiger partial charge in [0.15, 0.2) is 0 Å². The summed E-state index contributed by atoms with van der Waals surface area (Å²) in [7, 11) is 0. The van der Waals surface area contributed by atoms with E-state index in [4.69, 9.17) is 9.47 Å². The minimum Gasteiger partial charge on any atom is -0.478 e. The molecule has 1 heterocycles. The molecule has 1 N–H and O–H groups in total. The van der Waals surface area contributed by atoms with E-state index >= 15 is 0 Å². The molecule has 0 radical (unpaired) electrons. The molecular formula is C14H25N3O2. The van der Waals surface area contributed by atoms with Gasteiger partial charge in [0.2, 0.25) is 5.88 Å². The highest BCUT2D eigenvalue weighted by atomic mass is 16.5. The van der Waals surface area contributed by atoms with Gasteiger partial charge < -0.3 is 14.8 Å². The maximum Gasteiger partial charge on any atom is 0.218 e. The summed E-state index contributed by atoms with van der Waals surface area (Å²) in [5.41, 5.74) is 0. The molecule has 0 aromatic carbocycles. The molecule has 1 rings (SSSR count). The van der Waals surface area contributed by atoms with Crippen molar-refractivity contribution in [3.63, 3.8) is 0 Å². The average molecular weight is 267 g/mol. The molecule has 19 heavy (non-hydrogen) atoms. The molecule has 0 saturated carbocycles. The first kappa shape index (κ1) is 15.7. The molecule has 0 atom stereocenters. The van der Waals surface area contributed by atoms with Crippen LogP contribution in [0.3, 0.4) is 0 Å². The smallest absolute Gasteiger partial charge is 0.218 e. The van der Waals surface area contributed by atoms with E-state index in [1.165, 1.54) is 0 Å². The SMILES string of the molecule is CCCOc1cc(NCCCOCC)nc(CC)n1. The molecule has 0 saturated heterocycles. The second-order valence-electron chi connectivity index (χ2n) is 4.19. The Hall–Kier alpha value is -1.36. The number of nitrogens with zero attached hydrogens (tertiary/aromatic N) is 2. The Kier molecular flexibility index (Phi) is 7.89. The van der Waals surface area contributed by atoms with E-state index in [0.29, 0.717) is 12.5 Å². The summed E-state index contributed by atoms with van der Waals surface area (Å²) < 4.78 is 10.9. The van der Waals surface area contributed by atoms with Crippen LogP contribution in [-0.4, -0.2) is 36.3 Å². The molecule has 0 spiro atoms. The summed E-state index contributed by atoms with van der Waals surface area (Å²) in [6.07, 6.45) is 2.74. The van der Waals surface area contributed by atoms with Gasteiger partial charge in [0, 0.05) is 32.2 Å². The Morgan fingerprint density at radius 1 is 1.16 bits per heavy atom. The molecular weight excluding hydrogens is 242 g/mol. The van der Waals surface area contributed by atoms with Gasteiger partial charge in [0.25, 0.3) is 0 Å². The van der Waals surface area contributed by atoms with E-state index in [-0.39, 0.29) is 0 Å². The highest BCUT2D eigenvalue weighted by Crippen LogP contribution is 2.14. The Labute approximate surface area is 115 Å². The summed E-state index contributed by atoms with van der Waals surface area (Å²) >= 11 is 0. The zero-order valence-electron chi connectivity index (χ0n) is 12.2. The molecule has 0 unspecified atom stereocenters. The van der Waals surface area contributed by atoms with Crippen LogP contribution >= 0.6 is 0 Å². The van der Waals surface area contributed by atoms with Gasteiger partial charge in [-0.2, -0.15) is 4.98 Å². The van der Waals surface area contributed by atoms with Gasteiger partial charge in [0.05, 0.1) is 6.61 Å². The fourth-order valence-corrected chi connectivity index (χ4v) is 1.54. The maximum absolute atomic E-state index is 5.57. The molecule has 0 aliphatic rings. The van der Waals surface area contributed by atoms with Gasteiger partial charge in [-0.15, -0.1) is 0 Å². The van der Waals surface area contributed by atoms with Gasteiger partial charge in [-0.1, -0.05) is 13.8 Å². The molecule has 0 aliphatic heterocycles. The van der Waals surface area contributed by atoms with Crippen molar-refractivity contribution in [2.45, 2.75) is 40.0 Å². The van der Waals surface area contributed by atoms with E-state index in [1.807, 2.05) is 19.9 Å². The van der Waals surface area contributed by atoms with E-state index in [1.54, 1.807) is 0 Å². The summed E-state index contributed by atoms with van der Waals surface area (Å²) in [6, 6.07) is 1.86. The van der Waals surface area contributed by atoms with E-state index in [9.17, 15) is 0 Å². The zero-order valence-corrected chi connectivity index (χ0v) is 12.2. The number of hydrogen-bond acceptors (Lipinski definition) is 5. The van der Waals surface area contributed by atoms with Gasteiger partial charge in [-0.3, -0.25) is 0 Å². The first-order chi connectivity index (χ1) is 9.30. The Morgan fingerprint density at radius 2 is 2.00 bits per heavy atom. The number of aromatic nitrogens is 2. The van der Waals surface area contributed by atoms with Crippen LogP contribution in [0.2, 0.25) is 0 Å². The van der Waals surface area contributed by atoms with Crippen molar-refractivity contribution in [2.75, 3.05) is 31.7 Å². The third-order valence-corrected chi connectivity index (χ3v) is 2.49. The minimum absolute atomic E-state index is 0.654. The first-order valence-corrected chi connectivity index (χ1v) is 7.12. The fourth-order valence-electron chi connectivity index (χ4n) is 1.54. The Morgan fingerprint density at radius 3 is 2.68 bits per heavy atom. The lowest BCUT2D eigenvalue weighted by molar-refractivity contribution is 0.147. The number of hydrogen-bond donors (Lipinski definition) is 1. The Bertz CT molecular complexity index is 359. The lowest BCUT2D eigenvalue weighted by Gasteiger charge is -2.10. The van der Waals surface area contributed by atoms with E-state index < -0.39 is 0 Å². The van der Waals surface area contributed by atoms with Crippen molar-refractivity contribution in [3.05, 3.63) is 11.9 Å². The number of anilines is 1. The summed E-state index contributed by atoms with van der Waals surface area (Å²) in [5.74, 6) is 2.29. The fraction of sp³-hybridized carbons (Fsp3) is 0.714. The lowest BCUT2D eigenvalue weighted by Crippen LogP contribution is -2.09.